The van der Waals surface area contributed by atoms with Gasteiger partial charge in [-0.2, -0.15) is 0 Å². The van der Waals surface area contributed by atoms with Crippen molar-refractivity contribution in [3.8, 4) is 0 Å². The molecule has 0 saturated carbocycles. The molecule has 0 saturated heterocycles. The van der Waals surface area contributed by atoms with Crippen molar-refractivity contribution in [1.29, 1.82) is 0 Å². The van der Waals surface area contributed by atoms with Gasteiger partial charge in [-0.05, 0) is 70.2 Å². The number of aryl methyl sites for hydroxylation is 2. The highest BCUT2D eigenvalue weighted by atomic mass is 14.9. The fraction of sp³-hybridized carbons (Fsp3) is 0.647. The fourth-order valence-corrected chi connectivity index (χ4v) is 2.08. The van der Waals surface area contributed by atoms with Gasteiger partial charge in [0.1, 0.15) is 0 Å². The Morgan fingerprint density at radius 2 is 1.78 bits per heavy atom. The Hall–Kier alpha value is -0.820. The Morgan fingerprint density at radius 3 is 2.28 bits per heavy atom. The van der Waals surface area contributed by atoms with Crippen LogP contribution in [0.15, 0.2) is 18.2 Å². The van der Waals surface area contributed by atoms with Gasteiger partial charge in [0.05, 0.1) is 0 Å². The Bertz CT molecular complexity index is 374. The summed E-state index contributed by atoms with van der Waals surface area (Å²) in [6, 6.07) is 6.87. The monoisotopic (exact) mass is 247 g/mol. The SMILES string of the molecule is CCC(CNC(C)(C)C)Cc1ccc(C)c(C)c1. The van der Waals surface area contributed by atoms with Crippen LogP contribution in [0.1, 0.15) is 50.8 Å². The summed E-state index contributed by atoms with van der Waals surface area (Å²) >= 11 is 0. The van der Waals surface area contributed by atoms with Gasteiger partial charge in [0.15, 0.2) is 0 Å². The molecule has 1 heteroatoms. The summed E-state index contributed by atoms with van der Waals surface area (Å²) in [6.45, 7) is 14.5. The van der Waals surface area contributed by atoms with Crippen LogP contribution in [0.4, 0.5) is 0 Å². The summed E-state index contributed by atoms with van der Waals surface area (Å²) in [6.07, 6.45) is 2.41. The summed E-state index contributed by atoms with van der Waals surface area (Å²) in [7, 11) is 0. The maximum absolute atomic E-state index is 3.62. The van der Waals surface area contributed by atoms with Crippen LogP contribution in [0.5, 0.6) is 0 Å². The highest BCUT2D eigenvalue weighted by Gasteiger charge is 2.13. The molecule has 18 heavy (non-hydrogen) atoms. The molecule has 0 aliphatic carbocycles. The van der Waals surface area contributed by atoms with E-state index in [9.17, 15) is 0 Å². The third kappa shape index (κ3) is 5.22. The second-order valence-corrected chi connectivity index (χ2v) is 6.53. The van der Waals surface area contributed by atoms with E-state index in [4.69, 9.17) is 0 Å². The number of hydrogen-bond donors (Lipinski definition) is 1. The second kappa shape index (κ2) is 6.38. The van der Waals surface area contributed by atoms with Gasteiger partial charge in [0, 0.05) is 5.54 Å². The third-order valence-corrected chi connectivity index (χ3v) is 3.59. The first-order valence-electron chi connectivity index (χ1n) is 7.13. The molecule has 1 atom stereocenters. The molecule has 0 fully saturated rings. The van der Waals surface area contributed by atoms with Crippen molar-refractivity contribution >= 4 is 0 Å². The zero-order valence-corrected chi connectivity index (χ0v) is 12.9. The van der Waals surface area contributed by atoms with Crippen LogP contribution in [0, 0.1) is 19.8 Å². The van der Waals surface area contributed by atoms with Gasteiger partial charge in [-0.15, -0.1) is 0 Å². The van der Waals surface area contributed by atoms with E-state index < -0.39 is 0 Å². The van der Waals surface area contributed by atoms with Crippen molar-refractivity contribution in [1.82, 2.24) is 5.32 Å². The van der Waals surface area contributed by atoms with Gasteiger partial charge in [-0.1, -0.05) is 31.5 Å². The Morgan fingerprint density at radius 1 is 1.11 bits per heavy atom. The van der Waals surface area contributed by atoms with E-state index in [2.05, 4.69) is 65.1 Å². The summed E-state index contributed by atoms with van der Waals surface area (Å²) in [5, 5.41) is 3.62. The quantitative estimate of drug-likeness (QED) is 0.819. The van der Waals surface area contributed by atoms with Crippen molar-refractivity contribution in [2.24, 2.45) is 5.92 Å². The van der Waals surface area contributed by atoms with E-state index in [-0.39, 0.29) is 5.54 Å². The maximum atomic E-state index is 3.62. The van der Waals surface area contributed by atoms with Gasteiger partial charge in [0.2, 0.25) is 0 Å². The van der Waals surface area contributed by atoms with Crippen LogP contribution in [0.3, 0.4) is 0 Å². The van der Waals surface area contributed by atoms with Gasteiger partial charge in [-0.25, -0.2) is 0 Å². The summed E-state index contributed by atoms with van der Waals surface area (Å²) < 4.78 is 0. The molecular weight excluding hydrogens is 218 g/mol. The molecule has 0 amide bonds. The van der Waals surface area contributed by atoms with E-state index in [1.807, 2.05) is 0 Å². The molecule has 1 unspecified atom stereocenters. The van der Waals surface area contributed by atoms with Crippen LogP contribution in [-0.4, -0.2) is 12.1 Å². The van der Waals surface area contributed by atoms with E-state index in [1.165, 1.54) is 29.5 Å². The lowest BCUT2D eigenvalue weighted by Crippen LogP contribution is -2.39. The molecule has 1 N–H and O–H groups in total. The first-order chi connectivity index (χ1) is 8.31. The lowest BCUT2D eigenvalue weighted by Gasteiger charge is -2.25. The Labute approximate surface area is 113 Å². The zero-order valence-electron chi connectivity index (χ0n) is 12.9. The van der Waals surface area contributed by atoms with Crippen LogP contribution < -0.4 is 5.32 Å². The summed E-state index contributed by atoms with van der Waals surface area (Å²) in [5.74, 6) is 0.728. The van der Waals surface area contributed by atoms with Crippen molar-refractivity contribution in [2.45, 2.75) is 59.9 Å². The van der Waals surface area contributed by atoms with Crippen molar-refractivity contribution in [3.05, 3.63) is 34.9 Å². The molecule has 0 heterocycles. The highest BCUT2D eigenvalue weighted by Crippen LogP contribution is 2.16. The molecule has 1 rings (SSSR count). The molecule has 0 aliphatic heterocycles. The van der Waals surface area contributed by atoms with Gasteiger partial charge >= 0.3 is 0 Å². The molecule has 1 aromatic carbocycles. The molecule has 0 bridgehead atoms. The first kappa shape index (κ1) is 15.2. The Balaban J connectivity index is 2.59. The molecule has 0 spiro atoms. The predicted molar refractivity (Wildman–Crippen MR) is 81.2 cm³/mol. The van der Waals surface area contributed by atoms with E-state index >= 15 is 0 Å². The average molecular weight is 247 g/mol. The highest BCUT2D eigenvalue weighted by molar-refractivity contribution is 5.30. The van der Waals surface area contributed by atoms with Gasteiger partial charge in [0.25, 0.3) is 0 Å². The molecule has 0 aliphatic rings. The zero-order chi connectivity index (χ0) is 13.8. The lowest BCUT2D eigenvalue weighted by atomic mass is 9.94. The number of hydrogen-bond acceptors (Lipinski definition) is 1. The van der Waals surface area contributed by atoms with E-state index in [0.29, 0.717) is 0 Å². The molecule has 1 aromatic rings. The van der Waals surface area contributed by atoms with E-state index in [0.717, 1.165) is 12.5 Å². The molecular formula is C17H29N. The minimum Gasteiger partial charge on any atom is -0.312 e. The van der Waals surface area contributed by atoms with Gasteiger partial charge < -0.3 is 5.32 Å². The van der Waals surface area contributed by atoms with Crippen molar-refractivity contribution in [2.75, 3.05) is 6.54 Å². The third-order valence-electron chi connectivity index (χ3n) is 3.59. The van der Waals surface area contributed by atoms with E-state index in [1.54, 1.807) is 0 Å². The topological polar surface area (TPSA) is 12.0 Å². The van der Waals surface area contributed by atoms with Crippen molar-refractivity contribution < 1.29 is 0 Å². The van der Waals surface area contributed by atoms with Crippen molar-refractivity contribution in [3.63, 3.8) is 0 Å². The standard InChI is InChI=1S/C17H29N/c1-7-15(12-18-17(4,5)6)11-16-9-8-13(2)14(3)10-16/h8-10,15,18H,7,11-12H2,1-6H3. The minimum atomic E-state index is 0.219. The summed E-state index contributed by atoms with van der Waals surface area (Å²) in [5.41, 5.74) is 4.49. The predicted octanol–water partition coefficient (Wildman–Crippen LogP) is 4.26. The normalized spacial score (nSPS) is 13.7. The van der Waals surface area contributed by atoms with Crippen LogP contribution >= 0.6 is 0 Å². The molecule has 1 nitrogen and oxygen atoms in total. The first-order valence-corrected chi connectivity index (χ1v) is 7.13. The smallest absolute Gasteiger partial charge is 0.00966 e. The fourth-order valence-electron chi connectivity index (χ4n) is 2.08. The molecule has 0 radical (unpaired) electrons. The number of nitrogens with one attached hydrogen (secondary N) is 1. The van der Waals surface area contributed by atoms with Crippen LogP contribution in [-0.2, 0) is 6.42 Å². The lowest BCUT2D eigenvalue weighted by molar-refractivity contribution is 0.363. The maximum Gasteiger partial charge on any atom is 0.00966 e. The molecule has 102 valence electrons. The number of benzene rings is 1. The van der Waals surface area contributed by atoms with Gasteiger partial charge in [-0.3, -0.25) is 0 Å². The summed E-state index contributed by atoms with van der Waals surface area (Å²) in [4.78, 5) is 0. The second-order valence-electron chi connectivity index (χ2n) is 6.53. The molecule has 0 aromatic heterocycles. The largest absolute Gasteiger partial charge is 0.312 e. The number of rotatable bonds is 5. The van der Waals surface area contributed by atoms with Crippen LogP contribution in [0.2, 0.25) is 0 Å². The average Bonchev–Trinajstić information content (AvgIpc) is 2.28. The van der Waals surface area contributed by atoms with Crippen LogP contribution in [0.25, 0.3) is 0 Å². The Kier molecular flexibility index (Phi) is 5.40. The minimum absolute atomic E-state index is 0.219.